The van der Waals surface area contributed by atoms with E-state index < -0.39 is 18.7 Å². The van der Waals surface area contributed by atoms with Gasteiger partial charge in [-0.25, -0.2) is 0 Å². The molecule has 14 heavy (non-hydrogen) atoms. The maximum atomic E-state index is 12.2. The van der Waals surface area contributed by atoms with Crippen molar-refractivity contribution in [3.8, 4) is 0 Å². The van der Waals surface area contributed by atoms with Crippen LogP contribution in [0.25, 0.3) is 0 Å². The van der Waals surface area contributed by atoms with Crippen LogP contribution < -0.4 is 0 Å². The molecule has 0 spiro atoms. The molecule has 78 valence electrons. The van der Waals surface area contributed by atoms with E-state index in [1.54, 1.807) is 0 Å². The summed E-state index contributed by atoms with van der Waals surface area (Å²) in [4.78, 5) is 10.3. The van der Waals surface area contributed by atoms with Gasteiger partial charge in [-0.05, 0) is 6.92 Å². The van der Waals surface area contributed by atoms with Crippen molar-refractivity contribution >= 4 is 5.97 Å². The number of carbonyl (C=O) groups is 1. The Balaban J connectivity index is 3.03. The Labute approximate surface area is 77.0 Å². The van der Waals surface area contributed by atoms with Crippen molar-refractivity contribution in [2.45, 2.75) is 19.6 Å². The number of hydrogen-bond donors (Lipinski definition) is 1. The van der Waals surface area contributed by atoms with E-state index in [4.69, 9.17) is 5.11 Å². The number of carboxylic acids is 1. The lowest BCUT2D eigenvalue weighted by atomic mass is 10.2. The predicted octanol–water partition coefficient (Wildman–Crippen LogP) is 1.29. The number of rotatable bonds is 2. The first-order valence-electron chi connectivity index (χ1n) is 3.65. The minimum Gasteiger partial charge on any atom is -0.481 e. The highest BCUT2D eigenvalue weighted by molar-refractivity contribution is 5.70. The fraction of sp³-hybridized carbons (Fsp3) is 0.429. The maximum absolute atomic E-state index is 12.2. The van der Waals surface area contributed by atoms with Crippen LogP contribution in [0.5, 0.6) is 0 Å². The van der Waals surface area contributed by atoms with Crippen molar-refractivity contribution in [1.29, 1.82) is 0 Å². The first-order chi connectivity index (χ1) is 6.32. The molecule has 0 fully saturated rings. The van der Waals surface area contributed by atoms with E-state index in [2.05, 4.69) is 5.10 Å². The Bertz CT molecular complexity index is 356. The van der Waals surface area contributed by atoms with Gasteiger partial charge in [-0.1, -0.05) is 0 Å². The van der Waals surface area contributed by atoms with E-state index in [0.29, 0.717) is 0 Å². The summed E-state index contributed by atoms with van der Waals surface area (Å²) in [5.41, 5.74) is -0.130. The van der Waals surface area contributed by atoms with Gasteiger partial charge in [0.25, 0.3) is 0 Å². The highest BCUT2D eigenvalue weighted by Crippen LogP contribution is 2.24. The van der Waals surface area contributed by atoms with Crippen molar-refractivity contribution < 1.29 is 23.1 Å². The summed E-state index contributed by atoms with van der Waals surface area (Å²) in [6.45, 7) is 1.18. The molecule has 0 aliphatic heterocycles. The summed E-state index contributed by atoms with van der Waals surface area (Å²) >= 11 is 0. The number of carboxylic acid groups (broad SMARTS) is 1. The van der Waals surface area contributed by atoms with Gasteiger partial charge in [-0.2, -0.15) is 9.78 Å². The van der Waals surface area contributed by atoms with Gasteiger partial charge < -0.3 is 5.11 Å². The highest BCUT2D eigenvalue weighted by Gasteiger charge is 2.34. The molecule has 1 N–H and O–H groups in total. The van der Waals surface area contributed by atoms with Crippen molar-refractivity contribution in [2.24, 2.45) is 0 Å². The second-order valence-corrected chi connectivity index (χ2v) is 2.71. The molecule has 0 saturated heterocycles. The summed E-state index contributed by atoms with van der Waals surface area (Å²) < 4.78 is 36.3. The van der Waals surface area contributed by atoms with Crippen LogP contribution in [-0.2, 0) is 17.5 Å². The van der Waals surface area contributed by atoms with Crippen molar-refractivity contribution in [3.63, 3.8) is 0 Å². The SMILES string of the molecule is Cc1c(CC(=O)O)cnn1C(F)(F)F. The van der Waals surface area contributed by atoms with Gasteiger partial charge in [0, 0.05) is 11.3 Å². The Kier molecular flexibility index (Phi) is 2.50. The van der Waals surface area contributed by atoms with Crippen molar-refractivity contribution in [3.05, 3.63) is 17.5 Å². The van der Waals surface area contributed by atoms with E-state index in [9.17, 15) is 18.0 Å². The third-order valence-electron chi connectivity index (χ3n) is 1.69. The standard InChI is InChI=1S/C7H7F3N2O2/c1-4-5(2-6(13)14)3-11-12(4)7(8,9)10/h3H,2H2,1H3,(H,13,14). The summed E-state index contributed by atoms with van der Waals surface area (Å²) in [7, 11) is 0. The minimum absolute atomic E-state index is 0.0647. The summed E-state index contributed by atoms with van der Waals surface area (Å²) in [5.74, 6) is -1.19. The van der Waals surface area contributed by atoms with Crippen molar-refractivity contribution in [2.75, 3.05) is 0 Å². The lowest BCUT2D eigenvalue weighted by Crippen LogP contribution is -2.19. The first kappa shape index (κ1) is 10.6. The van der Waals surface area contributed by atoms with E-state index >= 15 is 0 Å². The number of nitrogens with zero attached hydrogens (tertiary/aromatic N) is 2. The number of hydrogen-bond acceptors (Lipinski definition) is 2. The number of halogens is 3. The Hall–Kier alpha value is -1.53. The topological polar surface area (TPSA) is 55.1 Å². The van der Waals surface area contributed by atoms with Crippen LogP contribution in [0, 0.1) is 6.92 Å². The summed E-state index contributed by atoms with van der Waals surface area (Å²) in [5, 5.41) is 11.5. The normalized spacial score (nSPS) is 11.7. The van der Waals surface area contributed by atoms with Gasteiger partial charge in [0.05, 0.1) is 12.6 Å². The summed E-state index contributed by atoms with van der Waals surface area (Å²) in [6.07, 6.45) is -4.14. The molecule has 0 atom stereocenters. The monoisotopic (exact) mass is 208 g/mol. The quantitative estimate of drug-likeness (QED) is 0.796. The van der Waals surface area contributed by atoms with Gasteiger partial charge in [0.15, 0.2) is 0 Å². The van der Waals surface area contributed by atoms with Crippen LogP contribution in [0.3, 0.4) is 0 Å². The number of aromatic nitrogens is 2. The lowest BCUT2D eigenvalue weighted by molar-refractivity contribution is -0.213. The van der Waals surface area contributed by atoms with E-state index in [0.717, 1.165) is 6.20 Å². The zero-order valence-corrected chi connectivity index (χ0v) is 7.17. The Morgan fingerprint density at radius 1 is 1.64 bits per heavy atom. The third-order valence-corrected chi connectivity index (χ3v) is 1.69. The molecule has 0 aliphatic carbocycles. The minimum atomic E-state index is -4.60. The second-order valence-electron chi connectivity index (χ2n) is 2.71. The molecule has 0 amide bonds. The average molecular weight is 208 g/mol. The smallest absolute Gasteiger partial charge is 0.481 e. The Morgan fingerprint density at radius 2 is 2.21 bits per heavy atom. The molecule has 1 rings (SSSR count). The predicted molar refractivity (Wildman–Crippen MR) is 39.6 cm³/mol. The molecule has 0 saturated carbocycles. The average Bonchev–Trinajstić information content (AvgIpc) is 2.30. The number of aliphatic carboxylic acids is 1. The maximum Gasteiger partial charge on any atom is 0.504 e. The molecule has 1 aromatic heterocycles. The van der Waals surface area contributed by atoms with Crippen LogP contribution in [0.1, 0.15) is 11.3 Å². The molecule has 7 heteroatoms. The van der Waals surface area contributed by atoms with Crippen LogP contribution in [0.4, 0.5) is 13.2 Å². The van der Waals surface area contributed by atoms with Gasteiger partial charge in [0.2, 0.25) is 0 Å². The van der Waals surface area contributed by atoms with Crippen LogP contribution >= 0.6 is 0 Å². The second kappa shape index (κ2) is 3.32. The van der Waals surface area contributed by atoms with Crippen LogP contribution in [-0.4, -0.2) is 20.9 Å². The third kappa shape index (κ3) is 2.04. The molecule has 1 heterocycles. The van der Waals surface area contributed by atoms with E-state index in [1.807, 2.05) is 0 Å². The molecular weight excluding hydrogens is 201 g/mol. The molecule has 1 aromatic rings. The molecule has 0 aliphatic rings. The van der Waals surface area contributed by atoms with Gasteiger partial charge in [0.1, 0.15) is 0 Å². The Morgan fingerprint density at radius 3 is 2.57 bits per heavy atom. The van der Waals surface area contributed by atoms with Gasteiger partial charge in [-0.15, -0.1) is 13.2 Å². The van der Waals surface area contributed by atoms with E-state index in [1.165, 1.54) is 6.92 Å². The lowest BCUT2D eigenvalue weighted by Gasteiger charge is -2.07. The highest BCUT2D eigenvalue weighted by atomic mass is 19.4. The molecule has 0 bridgehead atoms. The molecule has 0 aromatic carbocycles. The largest absolute Gasteiger partial charge is 0.504 e. The van der Waals surface area contributed by atoms with Crippen molar-refractivity contribution in [1.82, 2.24) is 9.78 Å². The summed E-state index contributed by atoms with van der Waals surface area (Å²) in [6, 6.07) is 0. The molecule has 0 radical (unpaired) electrons. The fourth-order valence-electron chi connectivity index (χ4n) is 1.04. The first-order valence-corrected chi connectivity index (χ1v) is 3.65. The zero-order chi connectivity index (χ0) is 10.9. The molecular formula is C7H7F3N2O2. The van der Waals surface area contributed by atoms with Crippen LogP contribution in [0.15, 0.2) is 6.20 Å². The van der Waals surface area contributed by atoms with E-state index in [-0.39, 0.29) is 15.9 Å². The zero-order valence-electron chi connectivity index (χ0n) is 7.17. The van der Waals surface area contributed by atoms with Gasteiger partial charge >= 0.3 is 12.3 Å². The van der Waals surface area contributed by atoms with Crippen LogP contribution in [0.2, 0.25) is 0 Å². The van der Waals surface area contributed by atoms with Gasteiger partial charge in [-0.3, -0.25) is 4.79 Å². The number of alkyl halides is 3. The fourth-order valence-corrected chi connectivity index (χ4v) is 1.04. The molecule has 0 unspecified atom stereocenters. The molecule has 4 nitrogen and oxygen atoms in total.